The van der Waals surface area contributed by atoms with Gasteiger partial charge in [-0.15, -0.1) is 0 Å². The molecule has 4 rings (SSSR count). The molecule has 1 aromatic heterocycles. The second-order valence-electron chi connectivity index (χ2n) is 8.46. The van der Waals surface area contributed by atoms with Gasteiger partial charge in [-0.3, -0.25) is 9.69 Å². The molecule has 0 radical (unpaired) electrons. The number of hydrogen-bond donors (Lipinski definition) is 0. The minimum Gasteiger partial charge on any atom is -0.487 e. The molecule has 0 saturated carbocycles. The molecule has 0 spiro atoms. The number of thiophene rings is 1. The normalized spacial score (nSPS) is 19.0. The molecular weight excluding hydrogens is 425 g/mol. The Bertz CT molecular complexity index is 854. The minimum absolute atomic E-state index is 0.0777. The van der Waals surface area contributed by atoms with Crippen LogP contribution in [0.25, 0.3) is 0 Å². The van der Waals surface area contributed by atoms with Crippen LogP contribution in [-0.2, 0) is 11.3 Å². The summed E-state index contributed by atoms with van der Waals surface area (Å²) in [6.07, 6.45) is 3.23. The Hall–Kier alpha value is -2.06. The largest absolute Gasteiger partial charge is 0.487 e. The third kappa shape index (κ3) is 5.60. The van der Waals surface area contributed by atoms with E-state index in [0.29, 0.717) is 25.2 Å². The fraction of sp³-hybridized carbons (Fsp3) is 0.522. The van der Waals surface area contributed by atoms with Gasteiger partial charge in [0, 0.05) is 37.7 Å². The molecule has 0 bridgehead atoms. The predicted molar refractivity (Wildman–Crippen MR) is 113 cm³/mol. The molecule has 1 amide bonds. The van der Waals surface area contributed by atoms with Crippen LogP contribution in [-0.4, -0.2) is 48.5 Å². The fourth-order valence-corrected chi connectivity index (χ4v) is 5.08. The van der Waals surface area contributed by atoms with Crippen molar-refractivity contribution in [2.24, 2.45) is 11.8 Å². The van der Waals surface area contributed by atoms with E-state index >= 15 is 0 Å². The number of carbonyl (C=O) groups excluding carboxylic acids is 1. The first-order valence-corrected chi connectivity index (χ1v) is 11.7. The molecule has 3 heterocycles. The van der Waals surface area contributed by atoms with Gasteiger partial charge in [-0.2, -0.15) is 11.3 Å². The lowest BCUT2D eigenvalue weighted by Gasteiger charge is -2.37. The Morgan fingerprint density at radius 2 is 1.71 bits per heavy atom. The van der Waals surface area contributed by atoms with E-state index in [9.17, 15) is 18.0 Å². The highest BCUT2D eigenvalue weighted by Gasteiger charge is 2.31. The van der Waals surface area contributed by atoms with Crippen molar-refractivity contribution >= 4 is 17.2 Å². The van der Waals surface area contributed by atoms with Gasteiger partial charge in [0.25, 0.3) is 0 Å². The number of carbonyl (C=O) groups is 1. The van der Waals surface area contributed by atoms with Crippen LogP contribution < -0.4 is 4.74 Å². The zero-order valence-corrected chi connectivity index (χ0v) is 18.2. The van der Waals surface area contributed by atoms with Crippen molar-refractivity contribution in [1.29, 1.82) is 0 Å². The van der Waals surface area contributed by atoms with E-state index in [1.165, 1.54) is 5.56 Å². The molecule has 0 unspecified atom stereocenters. The number of piperidine rings is 2. The summed E-state index contributed by atoms with van der Waals surface area (Å²) in [6, 6.07) is 3.38. The topological polar surface area (TPSA) is 32.8 Å². The second kappa shape index (κ2) is 10.0. The van der Waals surface area contributed by atoms with Crippen LogP contribution in [0.2, 0.25) is 0 Å². The number of amides is 1. The molecule has 8 heteroatoms. The zero-order chi connectivity index (χ0) is 21.8. The third-order valence-corrected chi connectivity index (χ3v) is 7.01. The number of hydrogen-bond acceptors (Lipinski definition) is 4. The SMILES string of the molecule is O=C(C1CCN(Cc2ccsc2)CC1)N1CCC(COc2c(F)cc(F)cc2F)CC1. The van der Waals surface area contributed by atoms with Crippen LogP contribution >= 0.6 is 11.3 Å². The molecule has 2 aliphatic rings. The van der Waals surface area contributed by atoms with Gasteiger partial charge in [0.05, 0.1) is 6.61 Å². The van der Waals surface area contributed by atoms with Gasteiger partial charge in [-0.25, -0.2) is 13.2 Å². The van der Waals surface area contributed by atoms with Crippen molar-refractivity contribution in [2.45, 2.75) is 32.2 Å². The van der Waals surface area contributed by atoms with Gasteiger partial charge >= 0.3 is 0 Å². The molecule has 0 aliphatic carbocycles. The lowest BCUT2D eigenvalue weighted by Crippen LogP contribution is -2.45. The second-order valence-corrected chi connectivity index (χ2v) is 9.24. The fourth-order valence-electron chi connectivity index (χ4n) is 4.43. The highest BCUT2D eigenvalue weighted by Crippen LogP contribution is 2.27. The van der Waals surface area contributed by atoms with E-state index in [1.54, 1.807) is 11.3 Å². The van der Waals surface area contributed by atoms with Crippen molar-refractivity contribution in [1.82, 2.24) is 9.80 Å². The summed E-state index contributed by atoms with van der Waals surface area (Å²) < 4.78 is 45.7. The molecule has 0 atom stereocenters. The maximum atomic E-state index is 13.7. The van der Waals surface area contributed by atoms with Gasteiger partial charge < -0.3 is 9.64 Å². The number of rotatable bonds is 6. The highest BCUT2D eigenvalue weighted by atomic mass is 32.1. The van der Waals surface area contributed by atoms with Gasteiger partial charge in [0.15, 0.2) is 17.4 Å². The quantitative estimate of drug-likeness (QED) is 0.637. The summed E-state index contributed by atoms with van der Waals surface area (Å²) in [4.78, 5) is 17.3. The first-order valence-electron chi connectivity index (χ1n) is 10.8. The summed E-state index contributed by atoms with van der Waals surface area (Å²) in [6.45, 7) is 4.25. The number of benzene rings is 1. The summed E-state index contributed by atoms with van der Waals surface area (Å²) in [5.74, 6) is -3.15. The Morgan fingerprint density at radius 3 is 2.32 bits per heavy atom. The molecule has 4 nitrogen and oxygen atoms in total. The minimum atomic E-state index is -1.03. The van der Waals surface area contributed by atoms with Gasteiger partial charge in [0.1, 0.15) is 5.82 Å². The van der Waals surface area contributed by atoms with Crippen LogP contribution in [0, 0.1) is 29.3 Å². The van der Waals surface area contributed by atoms with Crippen molar-refractivity contribution in [2.75, 3.05) is 32.8 Å². The average molecular weight is 453 g/mol. The summed E-state index contributed by atoms with van der Waals surface area (Å²) in [7, 11) is 0. The standard InChI is InChI=1S/C23H27F3N2O2S/c24-19-11-20(25)22(21(26)12-19)30-14-16-1-8-28(9-2-16)23(29)18-3-6-27(7-4-18)13-17-5-10-31-15-17/h5,10-12,15-16,18H,1-4,6-9,13-14H2. The van der Waals surface area contributed by atoms with Crippen molar-refractivity contribution in [3.05, 3.63) is 52.0 Å². The highest BCUT2D eigenvalue weighted by molar-refractivity contribution is 7.07. The lowest BCUT2D eigenvalue weighted by molar-refractivity contribution is -0.138. The molecular formula is C23H27F3N2O2S. The van der Waals surface area contributed by atoms with Gasteiger partial charge in [0.2, 0.25) is 5.91 Å². The van der Waals surface area contributed by atoms with Crippen LogP contribution in [0.5, 0.6) is 5.75 Å². The Morgan fingerprint density at radius 1 is 1.03 bits per heavy atom. The molecule has 2 saturated heterocycles. The molecule has 1 aromatic carbocycles. The van der Waals surface area contributed by atoms with Gasteiger partial charge in [-0.1, -0.05) is 0 Å². The molecule has 2 fully saturated rings. The zero-order valence-electron chi connectivity index (χ0n) is 17.4. The Kier molecular flexibility index (Phi) is 7.17. The summed E-state index contributed by atoms with van der Waals surface area (Å²) >= 11 is 1.71. The average Bonchev–Trinajstić information content (AvgIpc) is 3.26. The number of nitrogens with zero attached hydrogens (tertiary/aromatic N) is 2. The predicted octanol–water partition coefficient (Wildman–Crippen LogP) is 4.70. The number of ether oxygens (including phenoxy) is 1. The monoisotopic (exact) mass is 452 g/mol. The van der Waals surface area contributed by atoms with Crippen LogP contribution in [0.3, 0.4) is 0 Å². The Balaban J connectivity index is 1.20. The maximum absolute atomic E-state index is 13.7. The van der Waals surface area contributed by atoms with Crippen LogP contribution in [0.1, 0.15) is 31.2 Å². The van der Waals surface area contributed by atoms with E-state index in [2.05, 4.69) is 21.7 Å². The van der Waals surface area contributed by atoms with Gasteiger partial charge in [-0.05, 0) is 67.1 Å². The molecule has 31 heavy (non-hydrogen) atoms. The first-order chi connectivity index (χ1) is 15.0. The van der Waals surface area contributed by atoms with E-state index in [0.717, 1.165) is 45.3 Å². The number of likely N-dealkylation sites (tertiary alicyclic amines) is 2. The molecule has 2 aliphatic heterocycles. The smallest absolute Gasteiger partial charge is 0.225 e. The number of halogens is 3. The Labute approximate surface area is 184 Å². The maximum Gasteiger partial charge on any atom is 0.225 e. The summed E-state index contributed by atoms with van der Waals surface area (Å²) in [5, 5.41) is 4.26. The molecule has 168 valence electrons. The lowest BCUT2D eigenvalue weighted by atomic mass is 9.92. The van der Waals surface area contributed by atoms with E-state index in [-0.39, 0.29) is 24.3 Å². The van der Waals surface area contributed by atoms with Crippen molar-refractivity contribution < 1.29 is 22.7 Å². The van der Waals surface area contributed by atoms with Crippen LogP contribution in [0.15, 0.2) is 29.0 Å². The van der Waals surface area contributed by atoms with Crippen molar-refractivity contribution in [3.63, 3.8) is 0 Å². The van der Waals surface area contributed by atoms with E-state index in [1.807, 2.05) is 4.90 Å². The van der Waals surface area contributed by atoms with Crippen molar-refractivity contribution in [3.8, 4) is 5.75 Å². The van der Waals surface area contributed by atoms with E-state index in [4.69, 9.17) is 4.74 Å². The van der Waals surface area contributed by atoms with E-state index < -0.39 is 23.2 Å². The first kappa shape index (κ1) is 22.1. The third-order valence-electron chi connectivity index (χ3n) is 6.28. The molecule has 2 aromatic rings. The van der Waals surface area contributed by atoms with Crippen LogP contribution in [0.4, 0.5) is 13.2 Å². The molecule has 0 N–H and O–H groups in total. The summed E-state index contributed by atoms with van der Waals surface area (Å²) in [5.41, 5.74) is 1.33.